The van der Waals surface area contributed by atoms with Gasteiger partial charge >= 0.3 is 0 Å². The Hall–Kier alpha value is -2.82. The van der Waals surface area contributed by atoms with E-state index in [4.69, 9.17) is 0 Å². The molecule has 1 aliphatic rings. The maximum atomic E-state index is 13.1. The molecule has 2 aromatic carbocycles. The Labute approximate surface area is 150 Å². The third-order valence-corrected chi connectivity index (χ3v) is 4.30. The van der Waals surface area contributed by atoms with E-state index in [-0.39, 0.29) is 34.8 Å². The highest BCUT2D eigenvalue weighted by molar-refractivity contribution is 6.28. The van der Waals surface area contributed by atoms with Gasteiger partial charge in [0, 0.05) is 12.0 Å². The van der Waals surface area contributed by atoms with E-state index in [9.17, 15) is 18.7 Å². The molecular weight excluding hydrogens is 336 g/mol. The molecule has 134 valence electrons. The van der Waals surface area contributed by atoms with Crippen molar-refractivity contribution in [3.8, 4) is 0 Å². The summed E-state index contributed by atoms with van der Waals surface area (Å²) in [5.41, 5.74) is 1.13. The summed E-state index contributed by atoms with van der Waals surface area (Å²) in [6, 6.07) is 10.9. The normalized spacial score (nSPS) is 20.3. The predicted molar refractivity (Wildman–Crippen MR) is 97.5 cm³/mol. The standard InChI is InChI=1S/C21H19F2NO2/c1-21(2)11-17(24-16-9-7-15(23)8-10-16)19(18(25)12-21)20(26)13-3-5-14(22)6-4-13/h3-10,26H,11-12H2,1-2H3/b20-19+,24-17?. The molecule has 0 atom stereocenters. The van der Waals surface area contributed by atoms with Crippen molar-refractivity contribution in [1.29, 1.82) is 0 Å². The van der Waals surface area contributed by atoms with Crippen molar-refractivity contribution in [2.45, 2.75) is 26.7 Å². The largest absolute Gasteiger partial charge is 0.506 e. The van der Waals surface area contributed by atoms with Crippen molar-refractivity contribution in [2.75, 3.05) is 0 Å². The van der Waals surface area contributed by atoms with Gasteiger partial charge in [0.05, 0.1) is 17.0 Å². The molecule has 1 N–H and O–H groups in total. The van der Waals surface area contributed by atoms with Crippen LogP contribution in [0.1, 0.15) is 32.3 Å². The van der Waals surface area contributed by atoms with Crippen LogP contribution in [0.25, 0.3) is 5.76 Å². The molecule has 1 fully saturated rings. The fourth-order valence-electron chi connectivity index (χ4n) is 3.08. The topological polar surface area (TPSA) is 49.7 Å². The number of nitrogens with zero attached hydrogens (tertiary/aromatic N) is 1. The minimum absolute atomic E-state index is 0.139. The lowest BCUT2D eigenvalue weighted by molar-refractivity contribution is -0.117. The lowest BCUT2D eigenvalue weighted by Crippen LogP contribution is -2.32. The number of aliphatic hydroxyl groups excluding tert-OH is 1. The molecule has 26 heavy (non-hydrogen) atoms. The van der Waals surface area contributed by atoms with E-state index in [0.29, 0.717) is 23.4 Å². The van der Waals surface area contributed by atoms with E-state index in [0.717, 1.165) is 0 Å². The van der Waals surface area contributed by atoms with Crippen LogP contribution in [0.2, 0.25) is 0 Å². The molecule has 5 heteroatoms. The molecule has 0 unspecified atom stereocenters. The summed E-state index contributed by atoms with van der Waals surface area (Å²) >= 11 is 0. The van der Waals surface area contributed by atoms with Gasteiger partial charge in [-0.15, -0.1) is 0 Å². The number of hydrogen-bond acceptors (Lipinski definition) is 3. The van der Waals surface area contributed by atoms with Gasteiger partial charge in [-0.1, -0.05) is 13.8 Å². The number of aliphatic imine (C=N–C) groups is 1. The van der Waals surface area contributed by atoms with Crippen LogP contribution in [0, 0.1) is 17.0 Å². The van der Waals surface area contributed by atoms with Crippen molar-refractivity contribution < 1.29 is 18.7 Å². The molecule has 0 spiro atoms. The Kier molecular flexibility index (Phi) is 4.72. The molecular formula is C21H19F2NO2. The number of carbonyl (C=O) groups excluding carboxylic acids is 1. The number of ketones is 1. The average molecular weight is 355 g/mol. The maximum absolute atomic E-state index is 13.1. The van der Waals surface area contributed by atoms with Crippen LogP contribution in [-0.2, 0) is 4.79 Å². The summed E-state index contributed by atoms with van der Waals surface area (Å²) in [7, 11) is 0. The van der Waals surface area contributed by atoms with Gasteiger partial charge in [-0.2, -0.15) is 0 Å². The van der Waals surface area contributed by atoms with Crippen molar-refractivity contribution in [3.63, 3.8) is 0 Å². The Morgan fingerprint density at radius 1 is 0.962 bits per heavy atom. The van der Waals surface area contributed by atoms with Crippen molar-refractivity contribution >= 4 is 22.9 Å². The van der Waals surface area contributed by atoms with E-state index in [2.05, 4.69) is 4.99 Å². The first kappa shape index (κ1) is 18.0. The number of aliphatic hydroxyl groups is 1. The summed E-state index contributed by atoms with van der Waals surface area (Å²) < 4.78 is 26.3. The molecule has 3 nitrogen and oxygen atoms in total. The smallest absolute Gasteiger partial charge is 0.169 e. The van der Waals surface area contributed by atoms with Gasteiger partial charge in [0.1, 0.15) is 17.4 Å². The highest BCUT2D eigenvalue weighted by atomic mass is 19.1. The number of benzene rings is 2. The number of carbonyl (C=O) groups is 1. The van der Waals surface area contributed by atoms with Gasteiger partial charge < -0.3 is 5.11 Å². The fraction of sp³-hybridized carbons (Fsp3) is 0.238. The highest BCUT2D eigenvalue weighted by Gasteiger charge is 2.36. The Bertz CT molecular complexity index is 895. The van der Waals surface area contributed by atoms with Crippen molar-refractivity contribution in [1.82, 2.24) is 0 Å². The molecule has 1 aliphatic carbocycles. The number of halogens is 2. The van der Waals surface area contributed by atoms with Gasteiger partial charge in [0.25, 0.3) is 0 Å². The third kappa shape index (κ3) is 3.87. The Balaban J connectivity index is 2.12. The van der Waals surface area contributed by atoms with E-state index >= 15 is 0 Å². The molecule has 0 saturated heterocycles. The number of allylic oxidation sites excluding steroid dienone is 1. The first-order chi connectivity index (χ1) is 12.2. The zero-order chi connectivity index (χ0) is 18.9. The first-order valence-electron chi connectivity index (χ1n) is 8.31. The SMILES string of the molecule is CC1(C)CC(=O)/C(=C(/O)c2ccc(F)cc2)C(=Nc2ccc(F)cc2)C1. The second kappa shape index (κ2) is 6.83. The van der Waals surface area contributed by atoms with Crippen molar-refractivity contribution in [3.05, 3.63) is 71.3 Å². The van der Waals surface area contributed by atoms with Gasteiger partial charge in [0.15, 0.2) is 5.78 Å². The van der Waals surface area contributed by atoms with Gasteiger partial charge in [-0.05, 0) is 60.4 Å². The zero-order valence-corrected chi connectivity index (χ0v) is 14.6. The molecule has 0 aromatic heterocycles. The predicted octanol–water partition coefficient (Wildman–Crippen LogP) is 5.40. The summed E-state index contributed by atoms with van der Waals surface area (Å²) in [6.07, 6.45) is 0.757. The third-order valence-electron chi connectivity index (χ3n) is 4.30. The molecule has 3 rings (SSSR count). The van der Waals surface area contributed by atoms with Crippen molar-refractivity contribution in [2.24, 2.45) is 10.4 Å². The molecule has 2 aromatic rings. The molecule has 1 saturated carbocycles. The molecule has 0 bridgehead atoms. The fourth-order valence-corrected chi connectivity index (χ4v) is 3.08. The quantitative estimate of drug-likeness (QED) is 0.579. The second-order valence-corrected chi connectivity index (χ2v) is 7.21. The monoisotopic (exact) mass is 355 g/mol. The molecule has 0 amide bonds. The van der Waals surface area contributed by atoms with Crippen LogP contribution in [-0.4, -0.2) is 16.6 Å². The average Bonchev–Trinajstić information content (AvgIpc) is 2.56. The summed E-state index contributed by atoms with van der Waals surface area (Å²) in [5.74, 6) is -1.24. The summed E-state index contributed by atoms with van der Waals surface area (Å²) in [4.78, 5) is 17.2. The lowest BCUT2D eigenvalue weighted by Gasteiger charge is -2.31. The van der Waals surface area contributed by atoms with Crippen LogP contribution >= 0.6 is 0 Å². The van der Waals surface area contributed by atoms with E-state index in [1.54, 1.807) is 0 Å². The molecule has 0 aliphatic heterocycles. The zero-order valence-electron chi connectivity index (χ0n) is 14.6. The van der Waals surface area contributed by atoms with Crippen LogP contribution < -0.4 is 0 Å². The van der Waals surface area contributed by atoms with Crippen LogP contribution in [0.5, 0.6) is 0 Å². The number of Topliss-reactive ketones (excluding diaryl/α,β-unsaturated/α-hetero) is 1. The minimum Gasteiger partial charge on any atom is -0.506 e. The molecule has 0 heterocycles. The summed E-state index contributed by atoms with van der Waals surface area (Å²) in [5, 5.41) is 10.7. The Morgan fingerprint density at radius 3 is 2.08 bits per heavy atom. The van der Waals surface area contributed by atoms with E-state index < -0.39 is 5.82 Å². The second-order valence-electron chi connectivity index (χ2n) is 7.21. The first-order valence-corrected chi connectivity index (χ1v) is 8.31. The van der Waals surface area contributed by atoms with Crippen LogP contribution in [0.15, 0.2) is 59.1 Å². The van der Waals surface area contributed by atoms with Gasteiger partial charge in [0.2, 0.25) is 0 Å². The van der Waals surface area contributed by atoms with Crippen LogP contribution in [0.3, 0.4) is 0 Å². The van der Waals surface area contributed by atoms with E-state index in [1.165, 1.54) is 48.5 Å². The Morgan fingerprint density at radius 2 is 1.50 bits per heavy atom. The minimum atomic E-state index is -0.428. The lowest BCUT2D eigenvalue weighted by atomic mass is 9.73. The highest BCUT2D eigenvalue weighted by Crippen LogP contribution is 2.37. The molecule has 0 radical (unpaired) electrons. The van der Waals surface area contributed by atoms with Crippen LogP contribution in [0.4, 0.5) is 14.5 Å². The van der Waals surface area contributed by atoms with E-state index in [1.807, 2.05) is 13.8 Å². The van der Waals surface area contributed by atoms with Gasteiger partial charge in [-0.25, -0.2) is 8.78 Å². The summed E-state index contributed by atoms with van der Waals surface area (Å²) in [6.45, 7) is 3.91. The maximum Gasteiger partial charge on any atom is 0.169 e. The number of rotatable bonds is 2. The van der Waals surface area contributed by atoms with Gasteiger partial charge in [-0.3, -0.25) is 9.79 Å². The number of hydrogen-bond donors (Lipinski definition) is 1.